The summed E-state index contributed by atoms with van der Waals surface area (Å²) in [4.78, 5) is 1.12. The zero-order valence-corrected chi connectivity index (χ0v) is 8.45. The van der Waals surface area contributed by atoms with Gasteiger partial charge in [-0.2, -0.15) is 5.10 Å². The minimum atomic E-state index is 0.697. The highest BCUT2D eigenvalue weighted by Crippen LogP contribution is 2.10. The smallest absolute Gasteiger partial charge is 0.148 e. The fraction of sp³-hybridized carbons (Fsp3) is 0.250. The van der Waals surface area contributed by atoms with E-state index in [1.807, 2.05) is 19.1 Å². The second-order valence-corrected chi connectivity index (χ2v) is 3.58. The molecule has 0 amide bonds. The zero-order valence-electron chi connectivity index (χ0n) is 7.64. The fourth-order valence-electron chi connectivity index (χ4n) is 0.980. The van der Waals surface area contributed by atoms with Gasteiger partial charge in [-0.25, -0.2) is 0 Å². The SMILES string of the molecule is Cc1nnsc1CNc1cccnn1. The molecule has 0 bridgehead atoms. The molecule has 5 nitrogen and oxygen atoms in total. The summed E-state index contributed by atoms with van der Waals surface area (Å²) < 4.78 is 3.85. The molecule has 1 N–H and O–H groups in total. The van der Waals surface area contributed by atoms with E-state index in [0.29, 0.717) is 6.54 Å². The van der Waals surface area contributed by atoms with Gasteiger partial charge in [-0.1, -0.05) is 4.49 Å². The van der Waals surface area contributed by atoms with Crippen LogP contribution in [-0.4, -0.2) is 19.8 Å². The van der Waals surface area contributed by atoms with Gasteiger partial charge in [0.25, 0.3) is 0 Å². The Labute approximate surface area is 85.4 Å². The van der Waals surface area contributed by atoms with Gasteiger partial charge in [0.1, 0.15) is 5.82 Å². The number of aryl methyl sites for hydroxylation is 1. The van der Waals surface area contributed by atoms with Gasteiger partial charge >= 0.3 is 0 Å². The Balaban J connectivity index is 1.99. The van der Waals surface area contributed by atoms with Crippen LogP contribution in [0.15, 0.2) is 18.3 Å². The Bertz CT molecular complexity index is 399. The maximum Gasteiger partial charge on any atom is 0.148 e. The predicted molar refractivity (Wildman–Crippen MR) is 54.0 cm³/mol. The first kappa shape index (κ1) is 9.01. The van der Waals surface area contributed by atoms with Gasteiger partial charge in [0, 0.05) is 6.20 Å². The molecule has 14 heavy (non-hydrogen) atoms. The first-order valence-corrected chi connectivity index (χ1v) is 4.93. The van der Waals surface area contributed by atoms with Crippen molar-refractivity contribution in [2.24, 2.45) is 0 Å². The van der Waals surface area contributed by atoms with Gasteiger partial charge in [-0.3, -0.25) is 0 Å². The molecule has 0 aliphatic carbocycles. The second kappa shape index (κ2) is 4.10. The molecule has 2 rings (SSSR count). The maximum absolute atomic E-state index is 3.92. The van der Waals surface area contributed by atoms with Crippen molar-refractivity contribution >= 4 is 17.4 Å². The zero-order chi connectivity index (χ0) is 9.80. The number of hydrogen-bond acceptors (Lipinski definition) is 6. The van der Waals surface area contributed by atoms with E-state index in [2.05, 4.69) is 25.1 Å². The van der Waals surface area contributed by atoms with Crippen LogP contribution in [0, 0.1) is 6.92 Å². The number of aromatic nitrogens is 4. The average Bonchev–Trinajstić information content (AvgIpc) is 2.63. The van der Waals surface area contributed by atoms with Crippen LogP contribution in [0.2, 0.25) is 0 Å². The second-order valence-electron chi connectivity index (χ2n) is 2.74. The third kappa shape index (κ3) is 2.02. The van der Waals surface area contributed by atoms with Crippen molar-refractivity contribution in [1.82, 2.24) is 19.8 Å². The average molecular weight is 207 g/mol. The van der Waals surface area contributed by atoms with Crippen molar-refractivity contribution in [1.29, 1.82) is 0 Å². The maximum atomic E-state index is 3.92. The van der Waals surface area contributed by atoms with E-state index in [-0.39, 0.29) is 0 Å². The molecule has 0 aliphatic rings. The molecule has 0 fully saturated rings. The number of nitrogens with zero attached hydrogens (tertiary/aromatic N) is 4. The van der Waals surface area contributed by atoms with Crippen LogP contribution < -0.4 is 5.32 Å². The first-order chi connectivity index (χ1) is 6.86. The van der Waals surface area contributed by atoms with Crippen molar-refractivity contribution in [2.45, 2.75) is 13.5 Å². The monoisotopic (exact) mass is 207 g/mol. The Morgan fingerprint density at radius 3 is 3.00 bits per heavy atom. The fourth-order valence-corrected chi connectivity index (χ4v) is 1.55. The minimum absolute atomic E-state index is 0.697. The van der Waals surface area contributed by atoms with E-state index < -0.39 is 0 Å². The van der Waals surface area contributed by atoms with E-state index in [4.69, 9.17) is 0 Å². The van der Waals surface area contributed by atoms with Crippen molar-refractivity contribution in [2.75, 3.05) is 5.32 Å². The van der Waals surface area contributed by atoms with Gasteiger partial charge in [-0.05, 0) is 30.6 Å². The van der Waals surface area contributed by atoms with E-state index in [1.165, 1.54) is 11.5 Å². The summed E-state index contributed by atoms with van der Waals surface area (Å²) in [7, 11) is 0. The number of hydrogen-bond donors (Lipinski definition) is 1. The summed E-state index contributed by atoms with van der Waals surface area (Å²) in [5.41, 5.74) is 0.964. The molecule has 2 aromatic heterocycles. The van der Waals surface area contributed by atoms with Gasteiger partial charge in [-0.15, -0.1) is 10.2 Å². The van der Waals surface area contributed by atoms with Gasteiger partial charge in [0.05, 0.1) is 17.1 Å². The van der Waals surface area contributed by atoms with Crippen LogP contribution >= 0.6 is 11.5 Å². The lowest BCUT2D eigenvalue weighted by Crippen LogP contribution is -2.01. The molecular weight excluding hydrogens is 198 g/mol. The molecule has 0 saturated heterocycles. The highest BCUT2D eigenvalue weighted by atomic mass is 32.1. The molecule has 0 atom stereocenters. The van der Waals surface area contributed by atoms with Crippen molar-refractivity contribution < 1.29 is 0 Å². The summed E-state index contributed by atoms with van der Waals surface area (Å²) in [6.07, 6.45) is 1.64. The van der Waals surface area contributed by atoms with E-state index in [0.717, 1.165) is 16.4 Å². The Kier molecular flexibility index (Phi) is 2.64. The Hall–Kier alpha value is -1.56. The predicted octanol–water partition coefficient (Wildman–Crippen LogP) is 1.25. The van der Waals surface area contributed by atoms with Gasteiger partial charge in [0.15, 0.2) is 0 Å². The molecule has 2 aromatic rings. The quantitative estimate of drug-likeness (QED) is 0.820. The van der Waals surface area contributed by atoms with Crippen molar-refractivity contribution in [3.63, 3.8) is 0 Å². The Morgan fingerprint density at radius 1 is 1.43 bits per heavy atom. The number of nitrogens with one attached hydrogen (secondary N) is 1. The van der Waals surface area contributed by atoms with E-state index >= 15 is 0 Å². The molecule has 0 radical (unpaired) electrons. The largest absolute Gasteiger partial charge is 0.364 e. The normalized spacial score (nSPS) is 10.1. The summed E-state index contributed by atoms with van der Waals surface area (Å²) in [6.45, 7) is 2.64. The molecule has 72 valence electrons. The molecule has 0 aromatic carbocycles. The molecule has 0 unspecified atom stereocenters. The summed E-state index contributed by atoms with van der Waals surface area (Å²) in [5, 5.41) is 14.7. The molecular formula is C8H9N5S. The van der Waals surface area contributed by atoms with Gasteiger partial charge in [0.2, 0.25) is 0 Å². The summed E-state index contributed by atoms with van der Waals surface area (Å²) >= 11 is 1.40. The molecule has 0 saturated carbocycles. The lowest BCUT2D eigenvalue weighted by atomic mass is 10.4. The molecule has 0 spiro atoms. The van der Waals surface area contributed by atoms with Crippen LogP contribution in [-0.2, 0) is 6.54 Å². The topological polar surface area (TPSA) is 63.6 Å². The molecule has 0 aliphatic heterocycles. The third-order valence-corrected chi connectivity index (χ3v) is 2.57. The minimum Gasteiger partial charge on any atom is -0.364 e. The van der Waals surface area contributed by atoms with Gasteiger partial charge < -0.3 is 5.32 Å². The van der Waals surface area contributed by atoms with Crippen LogP contribution in [0.5, 0.6) is 0 Å². The first-order valence-electron chi connectivity index (χ1n) is 4.15. The Morgan fingerprint density at radius 2 is 2.36 bits per heavy atom. The van der Waals surface area contributed by atoms with Crippen LogP contribution in [0.3, 0.4) is 0 Å². The van der Waals surface area contributed by atoms with E-state index in [9.17, 15) is 0 Å². The summed E-state index contributed by atoms with van der Waals surface area (Å²) in [6, 6.07) is 3.71. The van der Waals surface area contributed by atoms with Crippen LogP contribution in [0.25, 0.3) is 0 Å². The van der Waals surface area contributed by atoms with Crippen LogP contribution in [0.4, 0.5) is 5.82 Å². The summed E-state index contributed by atoms with van der Waals surface area (Å²) in [5.74, 6) is 0.764. The molecule has 2 heterocycles. The third-order valence-electron chi connectivity index (χ3n) is 1.75. The number of rotatable bonds is 3. The highest BCUT2D eigenvalue weighted by Gasteiger charge is 2.02. The molecule has 6 heteroatoms. The highest BCUT2D eigenvalue weighted by molar-refractivity contribution is 7.05. The van der Waals surface area contributed by atoms with E-state index in [1.54, 1.807) is 6.20 Å². The standard InChI is InChI=1S/C8H9N5S/c1-6-7(14-13-11-6)5-9-8-3-2-4-10-12-8/h2-4H,5H2,1H3,(H,9,12). The lowest BCUT2D eigenvalue weighted by Gasteiger charge is -2.01. The van der Waals surface area contributed by atoms with Crippen molar-refractivity contribution in [3.8, 4) is 0 Å². The van der Waals surface area contributed by atoms with Crippen LogP contribution in [0.1, 0.15) is 10.6 Å². The van der Waals surface area contributed by atoms with Crippen molar-refractivity contribution in [3.05, 3.63) is 28.9 Å². The lowest BCUT2D eigenvalue weighted by molar-refractivity contribution is 0.995. The number of anilines is 1.